The van der Waals surface area contributed by atoms with E-state index in [1.807, 2.05) is 0 Å². The van der Waals surface area contributed by atoms with E-state index >= 15 is 0 Å². The van der Waals surface area contributed by atoms with Gasteiger partial charge in [0.1, 0.15) is 0 Å². The van der Waals surface area contributed by atoms with Crippen LogP contribution in [0.2, 0.25) is 0 Å². The van der Waals surface area contributed by atoms with Crippen LogP contribution in [0, 0.1) is 5.92 Å². The molecule has 1 aliphatic carbocycles. The first-order valence-electron chi connectivity index (χ1n) is 7.63. The lowest BCUT2D eigenvalue weighted by atomic mass is 9.98. The van der Waals surface area contributed by atoms with Crippen molar-refractivity contribution in [2.75, 3.05) is 6.54 Å². The molecular formula is C15H25N3O2. The first kappa shape index (κ1) is 15.0. The van der Waals surface area contributed by atoms with E-state index in [-0.39, 0.29) is 0 Å². The van der Waals surface area contributed by atoms with Crippen LogP contribution in [0.3, 0.4) is 0 Å². The molecule has 0 amide bonds. The van der Waals surface area contributed by atoms with E-state index in [1.165, 1.54) is 30.3 Å². The summed E-state index contributed by atoms with van der Waals surface area (Å²) in [6, 6.07) is 0.294. The highest BCUT2D eigenvalue weighted by Gasteiger charge is 2.25. The van der Waals surface area contributed by atoms with Crippen LogP contribution < -0.4 is 16.4 Å². The molecule has 1 saturated carbocycles. The highest BCUT2D eigenvalue weighted by molar-refractivity contribution is 4.88. The van der Waals surface area contributed by atoms with Gasteiger partial charge in [-0.25, -0.2) is 0 Å². The standard InChI is InChI=1S/C15H25N3O2/c1-3-8-16-13(12-6-4-5-7-12)11-18-10-9-17(2)14(19)15(18)20/h9-10,12-13,16H,3-8,11H2,1-2H3. The van der Waals surface area contributed by atoms with Gasteiger partial charge < -0.3 is 14.5 Å². The first-order valence-corrected chi connectivity index (χ1v) is 7.63. The third kappa shape index (κ3) is 3.39. The Morgan fingerprint density at radius 1 is 1.25 bits per heavy atom. The fraction of sp³-hybridized carbons (Fsp3) is 0.733. The van der Waals surface area contributed by atoms with Crippen LogP contribution in [0.25, 0.3) is 0 Å². The number of nitrogens with zero attached hydrogens (tertiary/aromatic N) is 2. The Kier molecular flexibility index (Phi) is 5.17. The molecule has 112 valence electrons. The van der Waals surface area contributed by atoms with Crippen LogP contribution in [-0.2, 0) is 13.6 Å². The highest BCUT2D eigenvalue weighted by Crippen LogP contribution is 2.28. The zero-order valence-corrected chi connectivity index (χ0v) is 12.5. The van der Waals surface area contributed by atoms with Crippen molar-refractivity contribution in [3.05, 3.63) is 33.1 Å². The second kappa shape index (κ2) is 6.88. The summed E-state index contributed by atoms with van der Waals surface area (Å²) in [5.74, 6) is 0.623. The van der Waals surface area contributed by atoms with Gasteiger partial charge in [0, 0.05) is 32.0 Å². The Morgan fingerprint density at radius 2 is 1.95 bits per heavy atom. The Labute approximate surface area is 119 Å². The molecule has 5 heteroatoms. The first-order chi connectivity index (χ1) is 9.63. The molecule has 0 aromatic carbocycles. The van der Waals surface area contributed by atoms with Crippen molar-refractivity contribution in [2.45, 2.75) is 51.6 Å². The zero-order valence-electron chi connectivity index (χ0n) is 12.5. The summed E-state index contributed by atoms with van der Waals surface area (Å²) in [7, 11) is 1.61. The van der Waals surface area contributed by atoms with Crippen molar-refractivity contribution >= 4 is 0 Å². The third-order valence-corrected chi connectivity index (χ3v) is 4.25. The van der Waals surface area contributed by atoms with E-state index in [2.05, 4.69) is 12.2 Å². The van der Waals surface area contributed by atoms with Gasteiger partial charge in [-0.15, -0.1) is 0 Å². The summed E-state index contributed by atoms with van der Waals surface area (Å²) < 4.78 is 2.90. The van der Waals surface area contributed by atoms with Crippen LogP contribution in [0.1, 0.15) is 39.0 Å². The van der Waals surface area contributed by atoms with Gasteiger partial charge in [-0.3, -0.25) is 9.59 Å². The Bertz CT molecular complexity index is 541. The highest BCUT2D eigenvalue weighted by atomic mass is 16.2. The molecule has 5 nitrogen and oxygen atoms in total. The lowest BCUT2D eigenvalue weighted by molar-refractivity contribution is 0.318. The summed E-state index contributed by atoms with van der Waals surface area (Å²) in [6.45, 7) is 3.70. The molecule has 1 aliphatic rings. The van der Waals surface area contributed by atoms with Crippen molar-refractivity contribution < 1.29 is 0 Å². The summed E-state index contributed by atoms with van der Waals surface area (Å²) in [6.07, 6.45) is 9.46. The maximum absolute atomic E-state index is 12.0. The minimum absolute atomic E-state index is 0.294. The largest absolute Gasteiger partial charge is 0.316 e. The van der Waals surface area contributed by atoms with Crippen molar-refractivity contribution in [3.8, 4) is 0 Å². The molecule has 20 heavy (non-hydrogen) atoms. The second-order valence-corrected chi connectivity index (χ2v) is 5.78. The summed E-state index contributed by atoms with van der Waals surface area (Å²) in [5.41, 5.74) is -0.871. The SMILES string of the molecule is CCCNC(Cn1ccn(C)c(=O)c1=O)C1CCCC1. The molecule has 2 rings (SSSR count). The minimum Gasteiger partial charge on any atom is -0.312 e. The number of aromatic nitrogens is 2. The summed E-state index contributed by atoms with van der Waals surface area (Å²) >= 11 is 0. The predicted molar refractivity (Wildman–Crippen MR) is 80.0 cm³/mol. The van der Waals surface area contributed by atoms with Crippen LogP contribution in [0.15, 0.2) is 22.0 Å². The number of nitrogens with one attached hydrogen (secondary N) is 1. The molecule has 1 unspecified atom stereocenters. The van der Waals surface area contributed by atoms with Crippen molar-refractivity contribution in [1.29, 1.82) is 0 Å². The number of hydrogen-bond acceptors (Lipinski definition) is 3. The van der Waals surface area contributed by atoms with E-state index in [4.69, 9.17) is 0 Å². The normalized spacial score (nSPS) is 17.5. The molecule has 0 aliphatic heterocycles. The number of rotatable bonds is 6. The van der Waals surface area contributed by atoms with Gasteiger partial charge in [-0.1, -0.05) is 19.8 Å². The van der Waals surface area contributed by atoms with E-state index in [1.54, 1.807) is 24.0 Å². The van der Waals surface area contributed by atoms with E-state index < -0.39 is 11.1 Å². The topological polar surface area (TPSA) is 56.0 Å². The van der Waals surface area contributed by atoms with Crippen molar-refractivity contribution in [1.82, 2.24) is 14.5 Å². The molecule has 1 aromatic heterocycles. The van der Waals surface area contributed by atoms with Crippen molar-refractivity contribution in [2.24, 2.45) is 13.0 Å². The molecular weight excluding hydrogens is 254 g/mol. The van der Waals surface area contributed by atoms with Gasteiger partial charge >= 0.3 is 11.1 Å². The van der Waals surface area contributed by atoms with Crippen molar-refractivity contribution in [3.63, 3.8) is 0 Å². The maximum Gasteiger partial charge on any atom is 0.316 e. The van der Waals surface area contributed by atoms with Gasteiger partial charge in [0.2, 0.25) is 0 Å². The molecule has 1 N–H and O–H groups in total. The molecule has 0 spiro atoms. The molecule has 1 atom stereocenters. The fourth-order valence-electron chi connectivity index (χ4n) is 3.02. The third-order valence-electron chi connectivity index (χ3n) is 4.25. The maximum atomic E-state index is 12.0. The van der Waals surface area contributed by atoms with Crippen LogP contribution >= 0.6 is 0 Å². The van der Waals surface area contributed by atoms with E-state index in [0.717, 1.165) is 13.0 Å². The smallest absolute Gasteiger partial charge is 0.312 e. The van der Waals surface area contributed by atoms with Gasteiger partial charge in [-0.2, -0.15) is 0 Å². The second-order valence-electron chi connectivity index (χ2n) is 5.78. The number of aryl methyl sites for hydroxylation is 1. The van der Waals surface area contributed by atoms with Gasteiger partial charge in [-0.05, 0) is 31.7 Å². The lowest BCUT2D eigenvalue weighted by Crippen LogP contribution is -2.46. The Balaban J connectivity index is 2.16. The summed E-state index contributed by atoms with van der Waals surface area (Å²) in [5, 5.41) is 3.55. The minimum atomic E-state index is -0.451. The van der Waals surface area contributed by atoms with Gasteiger partial charge in [0.15, 0.2) is 0 Å². The molecule has 0 radical (unpaired) electrons. The zero-order chi connectivity index (χ0) is 14.5. The van der Waals surface area contributed by atoms with E-state index in [9.17, 15) is 9.59 Å². The molecule has 1 aromatic rings. The molecule has 0 saturated heterocycles. The van der Waals surface area contributed by atoms with Crippen LogP contribution in [0.4, 0.5) is 0 Å². The number of hydrogen-bond donors (Lipinski definition) is 1. The Morgan fingerprint density at radius 3 is 2.60 bits per heavy atom. The molecule has 0 bridgehead atoms. The summed E-state index contributed by atoms with van der Waals surface area (Å²) in [4.78, 5) is 23.7. The lowest BCUT2D eigenvalue weighted by Gasteiger charge is -2.25. The van der Waals surface area contributed by atoms with Gasteiger partial charge in [0.05, 0.1) is 0 Å². The quantitative estimate of drug-likeness (QED) is 0.794. The van der Waals surface area contributed by atoms with E-state index in [0.29, 0.717) is 18.5 Å². The fourth-order valence-corrected chi connectivity index (χ4v) is 3.02. The molecule has 1 heterocycles. The average Bonchev–Trinajstić information content (AvgIpc) is 2.97. The Hall–Kier alpha value is -1.36. The van der Waals surface area contributed by atoms with Crippen LogP contribution in [-0.4, -0.2) is 21.7 Å². The average molecular weight is 279 g/mol. The predicted octanol–water partition coefficient (Wildman–Crippen LogP) is 1.11. The van der Waals surface area contributed by atoms with Gasteiger partial charge in [0.25, 0.3) is 0 Å². The monoisotopic (exact) mass is 279 g/mol. The van der Waals surface area contributed by atoms with Crippen LogP contribution in [0.5, 0.6) is 0 Å². The molecule has 1 fully saturated rings.